The monoisotopic (exact) mass is 968 g/mol. The van der Waals surface area contributed by atoms with Crippen LogP contribution < -0.4 is 10.4 Å². The van der Waals surface area contributed by atoms with Crippen molar-refractivity contribution >= 4 is 70.4 Å². The van der Waals surface area contributed by atoms with Crippen molar-refractivity contribution < 1.29 is 17.4 Å². The Morgan fingerprint density at radius 2 is 0.900 bits per heavy atom. The molecule has 0 aromatic heterocycles. The van der Waals surface area contributed by atoms with Crippen LogP contribution in [0, 0.1) is 10.8 Å². The molecule has 0 saturated heterocycles. The normalized spacial score (nSPS) is 20.4. The van der Waals surface area contributed by atoms with Gasteiger partial charge < -0.3 is 0 Å². The van der Waals surface area contributed by atoms with Gasteiger partial charge in [0.1, 0.15) is 0 Å². The summed E-state index contributed by atoms with van der Waals surface area (Å²) in [6.45, 7) is 22.3. The van der Waals surface area contributed by atoms with Gasteiger partial charge in [-0.05, 0) is 0 Å². The van der Waals surface area contributed by atoms with Crippen LogP contribution in [0.25, 0.3) is 34.4 Å². The number of allylic oxidation sites excluding steroid dienone is 2. The van der Waals surface area contributed by atoms with Crippen LogP contribution in [-0.4, -0.2) is 23.0 Å². The van der Waals surface area contributed by atoms with Crippen LogP contribution in [0.2, 0.25) is 48.5 Å². The molecule has 4 aromatic carbocycles. The van der Waals surface area contributed by atoms with Crippen LogP contribution in [0.1, 0.15) is 120 Å². The van der Waals surface area contributed by atoms with Gasteiger partial charge in [-0.15, -0.1) is 24.8 Å². The van der Waals surface area contributed by atoms with Crippen molar-refractivity contribution in [2.45, 2.75) is 147 Å². The van der Waals surface area contributed by atoms with Crippen molar-refractivity contribution in [2.75, 3.05) is 0 Å². The van der Waals surface area contributed by atoms with Crippen LogP contribution in [0.15, 0.2) is 96.1 Å². The van der Waals surface area contributed by atoms with E-state index in [-0.39, 0.29) is 24.8 Å². The van der Waals surface area contributed by atoms with Gasteiger partial charge in [0, 0.05) is 0 Å². The zero-order chi connectivity index (χ0) is 41.3. The molecule has 0 spiro atoms. The van der Waals surface area contributed by atoms with Gasteiger partial charge in [-0.2, -0.15) is 0 Å². The molecule has 4 aliphatic rings. The molecule has 0 heterocycles. The summed E-state index contributed by atoms with van der Waals surface area (Å²) >= 11 is -3.92. The Hall–Kier alpha value is -1.53. The molecular formula is C54H76Cl2Si3Zr. The summed E-state index contributed by atoms with van der Waals surface area (Å²) in [7, 11) is -2.76. The van der Waals surface area contributed by atoms with E-state index in [1.54, 1.807) is 43.8 Å². The molecule has 6 heteroatoms. The van der Waals surface area contributed by atoms with Crippen molar-refractivity contribution in [2.24, 2.45) is 10.8 Å². The van der Waals surface area contributed by atoms with Crippen molar-refractivity contribution in [3.05, 3.63) is 118 Å². The van der Waals surface area contributed by atoms with Gasteiger partial charge in [0.2, 0.25) is 0 Å². The first-order valence-corrected chi connectivity index (χ1v) is 44.0. The van der Waals surface area contributed by atoms with E-state index in [9.17, 15) is 0 Å². The number of halogens is 2. The third-order valence-electron chi connectivity index (χ3n) is 15.9. The smallest absolute Gasteiger partial charge is 0.147 e. The summed E-state index contributed by atoms with van der Waals surface area (Å²) in [5.74, 6) is 0. The molecule has 8 rings (SSSR count). The molecule has 0 radical (unpaired) electrons. The summed E-state index contributed by atoms with van der Waals surface area (Å²) in [6, 6.07) is 34.5. The Morgan fingerprint density at radius 1 is 0.550 bits per heavy atom. The molecule has 2 fully saturated rings. The molecule has 4 aromatic rings. The summed E-state index contributed by atoms with van der Waals surface area (Å²) in [5.41, 5.74) is 16.7. The second-order valence-electron chi connectivity index (χ2n) is 23.1. The van der Waals surface area contributed by atoms with Gasteiger partial charge in [-0.1, -0.05) is 0 Å². The van der Waals surface area contributed by atoms with Crippen LogP contribution in [0.4, 0.5) is 0 Å². The fourth-order valence-electron chi connectivity index (χ4n) is 12.8. The van der Waals surface area contributed by atoms with E-state index in [0.29, 0.717) is 18.1 Å². The van der Waals surface area contributed by atoms with Gasteiger partial charge in [-0.3, -0.25) is 0 Å². The first-order chi connectivity index (χ1) is 27.4. The van der Waals surface area contributed by atoms with Crippen LogP contribution in [0.3, 0.4) is 0 Å². The fraction of sp³-hybridized carbons (Fsp3) is 0.481. The Labute approximate surface area is 382 Å². The van der Waals surface area contributed by atoms with E-state index >= 15 is 0 Å². The van der Waals surface area contributed by atoms with E-state index in [0.717, 1.165) is 0 Å². The number of hydrogen-bond donors (Lipinski definition) is 0. The first-order valence-electron chi connectivity index (χ1n) is 23.3. The van der Waals surface area contributed by atoms with Crippen LogP contribution >= 0.6 is 24.8 Å². The number of fused-ring (bicyclic) bond motifs is 2. The van der Waals surface area contributed by atoms with Gasteiger partial charge >= 0.3 is 361 Å². The fourth-order valence-corrected chi connectivity index (χ4v) is 34.8. The molecule has 2 atom stereocenters. The zero-order valence-corrected chi connectivity index (χ0v) is 46.4. The predicted octanol–water partition coefficient (Wildman–Crippen LogP) is 15.6. The minimum absolute atomic E-state index is 0. The molecule has 0 aliphatic heterocycles. The van der Waals surface area contributed by atoms with Crippen molar-refractivity contribution in [1.82, 2.24) is 0 Å². The molecule has 2 unspecified atom stereocenters. The maximum Gasteiger partial charge on any atom is -0.147 e. The van der Waals surface area contributed by atoms with E-state index < -0.39 is 33.5 Å². The second kappa shape index (κ2) is 17.5. The molecule has 2 saturated carbocycles. The minimum atomic E-state index is -3.92. The van der Waals surface area contributed by atoms with Gasteiger partial charge in [-0.25, -0.2) is 0 Å². The summed E-state index contributed by atoms with van der Waals surface area (Å²) in [5, 5.41) is 3.10. The molecular weight excluding hydrogens is 895 g/mol. The maximum absolute atomic E-state index is 3.92. The zero-order valence-electron chi connectivity index (χ0n) is 38.9. The Morgan fingerprint density at radius 3 is 1.18 bits per heavy atom. The van der Waals surface area contributed by atoms with Crippen molar-refractivity contribution in [3.8, 4) is 22.3 Å². The Balaban J connectivity index is 0.00000302. The molecule has 60 heavy (non-hydrogen) atoms. The predicted molar refractivity (Wildman–Crippen MR) is 278 cm³/mol. The average molecular weight is 972 g/mol. The SMILES string of the molecule is CCCC1(CC2=Cc3c(-c4ccc([Si](C)(C)C)cc4)cccc3[CH]2[Zr]([CH3])([CH3])(=[SiH2])[CH]2C(CC3(CCC)CCC3)=Cc3c(-c4ccc([Si](C)(C)C)cc4)cccc32)CCC1.Cl.Cl. The second-order valence-corrected chi connectivity index (χ2v) is 63.7. The molecule has 0 nitrogen and oxygen atoms in total. The quantitative estimate of drug-likeness (QED) is 0.111. The summed E-state index contributed by atoms with van der Waals surface area (Å²) in [4.78, 5) is 0. The van der Waals surface area contributed by atoms with Crippen LogP contribution in [0.5, 0.6) is 0 Å². The van der Waals surface area contributed by atoms with Gasteiger partial charge in [0.05, 0.1) is 0 Å². The molecule has 322 valence electrons. The molecule has 0 bridgehead atoms. The first kappa shape index (κ1) is 47.9. The van der Waals surface area contributed by atoms with Gasteiger partial charge in [0.25, 0.3) is 0 Å². The molecule has 4 aliphatic carbocycles. The minimum Gasteiger partial charge on any atom is -0.147 e. The van der Waals surface area contributed by atoms with Crippen molar-refractivity contribution in [1.29, 1.82) is 0 Å². The van der Waals surface area contributed by atoms with Gasteiger partial charge in [0.15, 0.2) is 0 Å². The van der Waals surface area contributed by atoms with E-state index in [1.165, 1.54) is 99.3 Å². The topological polar surface area (TPSA) is 0 Å². The largest absolute Gasteiger partial charge is 0.147 e. The molecule has 0 N–H and O–H groups in total. The van der Waals surface area contributed by atoms with Crippen molar-refractivity contribution in [3.63, 3.8) is 0 Å². The maximum atomic E-state index is 2.92. The Kier molecular flexibility index (Phi) is 13.9. The third-order valence-corrected chi connectivity index (χ3v) is 37.5. The summed E-state index contributed by atoms with van der Waals surface area (Å²) < 4.78 is 6.94. The van der Waals surface area contributed by atoms with E-state index in [2.05, 4.69) is 166 Å². The average Bonchev–Trinajstić information content (AvgIpc) is 3.72. The molecule has 0 amide bonds. The number of rotatable bonds is 14. The number of hydrogen-bond acceptors (Lipinski definition) is 0. The summed E-state index contributed by atoms with van der Waals surface area (Å²) in [6.07, 6.45) is 22.0. The van der Waals surface area contributed by atoms with E-state index in [4.69, 9.17) is 0 Å². The number of benzene rings is 4. The standard InChI is InChI=1S/2C26H33Si.2CH3.2ClH.H2Si.Zr/c2*1-5-14-26(15-7-16-26)19-20-17-22-8-6-9-24(25(22)18-20)21-10-12-23(13-11-21)27(2,3)4;;;;;;/h2*6,8-13,17-18H,5,7,14-16,19H2,1-4H3;2*1H3;2*1H;1H2;. The Bertz CT molecular complexity index is 2160. The van der Waals surface area contributed by atoms with E-state index in [1.807, 2.05) is 0 Å². The van der Waals surface area contributed by atoms with Crippen LogP contribution in [-0.2, 0) is 17.4 Å². The third kappa shape index (κ3) is 8.81.